The monoisotopic (exact) mass is 340 g/mol. The number of para-hydroxylation sites is 1. The number of thiazole rings is 1. The van der Waals surface area contributed by atoms with Gasteiger partial charge in [-0.05, 0) is 18.0 Å². The number of fused-ring (bicyclic) bond motifs is 1. The van der Waals surface area contributed by atoms with E-state index in [-0.39, 0.29) is 0 Å². The highest BCUT2D eigenvalue weighted by molar-refractivity contribution is 8.02. The molecule has 0 aliphatic heterocycles. The molecule has 22 heavy (non-hydrogen) atoms. The molecule has 1 aromatic carbocycles. The lowest BCUT2D eigenvalue weighted by atomic mass is 10.2. The molecule has 0 atom stereocenters. The maximum atomic E-state index is 12.5. The van der Waals surface area contributed by atoms with E-state index in [1.54, 1.807) is 24.4 Å². The minimum Gasteiger partial charge on any atom is -0.358 e. The Balaban J connectivity index is 1.81. The van der Waals surface area contributed by atoms with E-state index >= 15 is 0 Å². The van der Waals surface area contributed by atoms with Crippen LogP contribution in [0.15, 0.2) is 34.8 Å². The summed E-state index contributed by atoms with van der Waals surface area (Å²) in [4.78, 5) is 6.34. The average molecular weight is 340 g/mol. The van der Waals surface area contributed by atoms with Crippen LogP contribution in [0.5, 0.6) is 0 Å². The molecule has 0 saturated heterocycles. The van der Waals surface area contributed by atoms with Gasteiger partial charge in [0.05, 0.1) is 23.0 Å². The Labute approximate surface area is 131 Å². The van der Waals surface area contributed by atoms with Crippen molar-refractivity contribution in [2.75, 3.05) is 4.72 Å². The van der Waals surface area contributed by atoms with Gasteiger partial charge >= 0.3 is 6.18 Å². The molecule has 0 radical (unpaired) electrons. The molecule has 0 aliphatic rings. The third-order valence-corrected chi connectivity index (χ3v) is 4.79. The van der Waals surface area contributed by atoms with Crippen LogP contribution in [0.1, 0.15) is 10.6 Å². The zero-order valence-electron chi connectivity index (χ0n) is 10.7. The molecule has 0 amide bonds. The molecule has 0 fully saturated rings. The molecule has 2 heterocycles. The van der Waals surface area contributed by atoms with E-state index in [4.69, 9.17) is 5.26 Å². The summed E-state index contributed by atoms with van der Waals surface area (Å²) in [6, 6.07) is 7.42. The van der Waals surface area contributed by atoms with Gasteiger partial charge in [-0.25, -0.2) is 4.98 Å². The van der Waals surface area contributed by atoms with Crippen molar-refractivity contribution in [3.63, 3.8) is 0 Å². The summed E-state index contributed by atoms with van der Waals surface area (Å²) < 4.78 is 40.9. The maximum absolute atomic E-state index is 12.5. The summed E-state index contributed by atoms with van der Waals surface area (Å²) in [6.45, 7) is 0. The Morgan fingerprint density at radius 3 is 2.86 bits per heavy atom. The summed E-state index contributed by atoms with van der Waals surface area (Å²) in [6.07, 6.45) is -1.65. The van der Waals surface area contributed by atoms with Crippen LogP contribution in [-0.2, 0) is 6.18 Å². The number of anilines is 1. The second kappa shape index (κ2) is 5.55. The van der Waals surface area contributed by atoms with Crippen LogP contribution in [0.4, 0.5) is 18.9 Å². The molecule has 2 aromatic heterocycles. The van der Waals surface area contributed by atoms with Crippen LogP contribution in [0, 0.1) is 11.3 Å². The number of nitrogens with zero attached hydrogens (tertiary/aromatic N) is 2. The molecule has 0 bridgehead atoms. The Kier molecular flexibility index (Phi) is 3.72. The third-order valence-electron chi connectivity index (χ3n) is 2.82. The number of benzene rings is 1. The number of alkyl halides is 3. The van der Waals surface area contributed by atoms with E-state index in [9.17, 15) is 13.2 Å². The SMILES string of the molecule is N#Cc1c[nH]c2c(NSc3cnc(C(F)(F)F)s3)cccc12. The highest BCUT2D eigenvalue weighted by Gasteiger charge is 2.34. The number of nitriles is 1. The molecule has 4 nitrogen and oxygen atoms in total. The van der Waals surface area contributed by atoms with E-state index in [0.29, 0.717) is 26.8 Å². The number of rotatable bonds is 3. The lowest BCUT2D eigenvalue weighted by molar-refractivity contribution is -0.137. The molecule has 0 saturated carbocycles. The van der Waals surface area contributed by atoms with Crippen molar-refractivity contribution in [2.45, 2.75) is 10.4 Å². The quantitative estimate of drug-likeness (QED) is 0.682. The summed E-state index contributed by atoms with van der Waals surface area (Å²) in [5.74, 6) is 0. The van der Waals surface area contributed by atoms with Crippen LogP contribution in [0.2, 0.25) is 0 Å². The van der Waals surface area contributed by atoms with Gasteiger partial charge in [0.25, 0.3) is 0 Å². The van der Waals surface area contributed by atoms with Crippen LogP contribution in [-0.4, -0.2) is 9.97 Å². The predicted octanol–water partition coefficient (Wildman–Crippen LogP) is 4.63. The Bertz CT molecular complexity index is 860. The lowest BCUT2D eigenvalue weighted by Crippen LogP contribution is -2.02. The number of nitrogens with one attached hydrogen (secondary N) is 2. The van der Waals surface area contributed by atoms with Crippen LogP contribution in [0.25, 0.3) is 10.9 Å². The fraction of sp³-hybridized carbons (Fsp3) is 0.0769. The number of aromatic nitrogens is 2. The topological polar surface area (TPSA) is 64.5 Å². The van der Waals surface area contributed by atoms with Crippen molar-refractivity contribution in [3.05, 3.63) is 41.2 Å². The van der Waals surface area contributed by atoms with Crippen LogP contribution < -0.4 is 4.72 Å². The van der Waals surface area contributed by atoms with E-state index in [1.807, 2.05) is 0 Å². The number of halogens is 3. The van der Waals surface area contributed by atoms with Gasteiger partial charge in [0, 0.05) is 11.6 Å². The van der Waals surface area contributed by atoms with Crippen molar-refractivity contribution in [1.82, 2.24) is 9.97 Å². The molecule has 0 unspecified atom stereocenters. The van der Waals surface area contributed by atoms with E-state index in [2.05, 4.69) is 20.8 Å². The zero-order valence-corrected chi connectivity index (χ0v) is 12.4. The minimum absolute atomic E-state index is 0.399. The van der Waals surface area contributed by atoms with E-state index < -0.39 is 11.2 Å². The fourth-order valence-electron chi connectivity index (χ4n) is 1.87. The second-order valence-corrected chi connectivity index (χ2v) is 6.37. The number of aromatic amines is 1. The molecule has 9 heteroatoms. The van der Waals surface area contributed by atoms with Gasteiger partial charge in [0.2, 0.25) is 0 Å². The molecule has 3 rings (SSSR count). The highest BCUT2D eigenvalue weighted by Crippen LogP contribution is 2.37. The van der Waals surface area contributed by atoms with Crippen molar-refractivity contribution >= 4 is 39.9 Å². The first-order valence-corrected chi connectivity index (χ1v) is 7.58. The van der Waals surface area contributed by atoms with Crippen LogP contribution >= 0.6 is 23.3 Å². The smallest absolute Gasteiger partial charge is 0.358 e. The maximum Gasteiger partial charge on any atom is 0.443 e. The average Bonchev–Trinajstić information content (AvgIpc) is 3.11. The third kappa shape index (κ3) is 2.75. The minimum atomic E-state index is -4.43. The number of hydrogen-bond acceptors (Lipinski definition) is 5. The normalized spacial score (nSPS) is 11.5. The zero-order chi connectivity index (χ0) is 15.7. The predicted molar refractivity (Wildman–Crippen MR) is 79.6 cm³/mol. The van der Waals surface area contributed by atoms with Gasteiger partial charge in [0.15, 0.2) is 5.01 Å². The fourth-order valence-corrected chi connectivity index (χ4v) is 3.41. The summed E-state index contributed by atoms with van der Waals surface area (Å²) in [5.41, 5.74) is 1.93. The summed E-state index contributed by atoms with van der Waals surface area (Å²) in [7, 11) is 0. The highest BCUT2D eigenvalue weighted by atomic mass is 32.2. The first kappa shape index (κ1) is 14.7. The van der Waals surface area contributed by atoms with Gasteiger partial charge in [-0.3, -0.25) is 0 Å². The molecule has 2 N–H and O–H groups in total. The number of H-pyrrole nitrogens is 1. The first-order valence-electron chi connectivity index (χ1n) is 5.95. The summed E-state index contributed by atoms with van der Waals surface area (Å²) in [5, 5.41) is 8.88. The standard InChI is InChI=1S/C13H7F3N4S2/c14-13(15,16)12-19-6-10(21-12)22-20-9-3-1-2-8-7(4-17)5-18-11(8)9/h1-3,5-6,18,20H. The second-order valence-electron chi connectivity index (χ2n) is 4.23. The van der Waals surface area contributed by atoms with Crippen molar-refractivity contribution in [2.24, 2.45) is 0 Å². The number of hydrogen-bond donors (Lipinski definition) is 2. The van der Waals surface area contributed by atoms with Crippen molar-refractivity contribution in [3.8, 4) is 6.07 Å². The van der Waals surface area contributed by atoms with Gasteiger partial charge in [-0.1, -0.05) is 12.1 Å². The molecular formula is C13H7F3N4S2. The van der Waals surface area contributed by atoms with Gasteiger partial charge in [-0.15, -0.1) is 11.3 Å². The van der Waals surface area contributed by atoms with Gasteiger partial charge in [-0.2, -0.15) is 18.4 Å². The molecular weight excluding hydrogens is 333 g/mol. The Morgan fingerprint density at radius 1 is 1.36 bits per heavy atom. The molecule has 3 aromatic rings. The van der Waals surface area contributed by atoms with Crippen molar-refractivity contribution < 1.29 is 13.2 Å². The first-order chi connectivity index (χ1) is 10.5. The van der Waals surface area contributed by atoms with Crippen LogP contribution in [0.3, 0.4) is 0 Å². The van der Waals surface area contributed by atoms with Gasteiger partial charge in [0.1, 0.15) is 10.3 Å². The van der Waals surface area contributed by atoms with E-state index in [1.165, 1.54) is 6.20 Å². The lowest BCUT2D eigenvalue weighted by Gasteiger charge is -2.05. The summed E-state index contributed by atoms with van der Waals surface area (Å²) >= 11 is 1.62. The van der Waals surface area contributed by atoms with E-state index in [0.717, 1.165) is 22.9 Å². The molecule has 112 valence electrons. The Morgan fingerprint density at radius 2 is 2.18 bits per heavy atom. The van der Waals surface area contributed by atoms with Gasteiger partial charge < -0.3 is 9.71 Å². The largest absolute Gasteiger partial charge is 0.443 e. The van der Waals surface area contributed by atoms with Crippen molar-refractivity contribution in [1.29, 1.82) is 5.26 Å². The molecule has 0 spiro atoms. The Hall–Kier alpha value is -2.18. The molecule has 0 aliphatic carbocycles.